The van der Waals surface area contributed by atoms with Crippen molar-refractivity contribution in [1.29, 1.82) is 0 Å². The van der Waals surface area contributed by atoms with Crippen molar-refractivity contribution in [2.75, 3.05) is 5.32 Å². The van der Waals surface area contributed by atoms with E-state index in [2.05, 4.69) is 15.3 Å². The van der Waals surface area contributed by atoms with Crippen LogP contribution in [-0.2, 0) is 6.54 Å². The van der Waals surface area contributed by atoms with E-state index in [1.807, 2.05) is 12.1 Å². The summed E-state index contributed by atoms with van der Waals surface area (Å²) in [5.74, 6) is -0.259. The van der Waals surface area contributed by atoms with Crippen LogP contribution in [0.15, 0.2) is 67.1 Å². The number of nitrogens with one attached hydrogen (secondary N) is 1. The molecule has 27 heavy (non-hydrogen) atoms. The van der Waals surface area contributed by atoms with Crippen molar-refractivity contribution in [3.8, 4) is 0 Å². The molecular weight excluding hydrogens is 367 g/mol. The Labute approximate surface area is 159 Å². The molecule has 4 aromatic rings. The molecule has 7 heteroatoms. The lowest BCUT2D eigenvalue weighted by Gasteiger charge is -2.10. The van der Waals surface area contributed by atoms with E-state index in [9.17, 15) is 9.18 Å². The number of benzene rings is 2. The molecule has 0 unspecified atom stereocenters. The standard InChI is InChI=1S/C20H14ClFN4O/c21-15-4-3-14-7-10-26(17(14)11-15)20(27)18-19(24-9-8-23-18)25-12-13-1-5-16(22)6-2-13/h1-11H,12H2,(H,24,25). The van der Waals surface area contributed by atoms with E-state index in [1.165, 1.54) is 29.1 Å². The summed E-state index contributed by atoms with van der Waals surface area (Å²) in [4.78, 5) is 21.5. The van der Waals surface area contributed by atoms with Crippen LogP contribution in [0.1, 0.15) is 16.1 Å². The summed E-state index contributed by atoms with van der Waals surface area (Å²) in [6, 6.07) is 13.3. The molecule has 5 nitrogen and oxygen atoms in total. The molecule has 134 valence electrons. The van der Waals surface area contributed by atoms with Crippen molar-refractivity contribution in [2.45, 2.75) is 6.54 Å². The molecule has 0 bridgehead atoms. The lowest BCUT2D eigenvalue weighted by atomic mass is 10.2. The van der Waals surface area contributed by atoms with Gasteiger partial charge in [-0.1, -0.05) is 29.8 Å². The normalized spacial score (nSPS) is 10.9. The Bertz CT molecular complexity index is 1120. The second-order valence-electron chi connectivity index (χ2n) is 5.93. The smallest absolute Gasteiger partial charge is 0.284 e. The van der Waals surface area contributed by atoms with E-state index in [-0.39, 0.29) is 17.4 Å². The van der Waals surface area contributed by atoms with Crippen LogP contribution < -0.4 is 5.32 Å². The molecule has 2 aromatic heterocycles. The molecule has 0 saturated heterocycles. The molecular formula is C20H14ClFN4O. The van der Waals surface area contributed by atoms with Crippen molar-refractivity contribution in [2.24, 2.45) is 0 Å². The number of halogens is 2. The van der Waals surface area contributed by atoms with Crippen LogP contribution >= 0.6 is 11.6 Å². The Morgan fingerprint density at radius 3 is 2.67 bits per heavy atom. The first kappa shape index (κ1) is 17.2. The van der Waals surface area contributed by atoms with Crippen LogP contribution in [0.5, 0.6) is 0 Å². The highest BCUT2D eigenvalue weighted by atomic mass is 35.5. The SMILES string of the molecule is O=C(c1nccnc1NCc1ccc(F)cc1)n1ccc2ccc(Cl)cc21. The number of nitrogens with zero attached hydrogens (tertiary/aromatic N) is 3. The van der Waals surface area contributed by atoms with E-state index in [0.29, 0.717) is 22.9 Å². The molecule has 2 aromatic carbocycles. The second kappa shape index (κ2) is 7.17. The van der Waals surface area contributed by atoms with Crippen LogP contribution in [-0.4, -0.2) is 20.4 Å². The molecule has 0 atom stereocenters. The second-order valence-corrected chi connectivity index (χ2v) is 6.36. The number of anilines is 1. The zero-order chi connectivity index (χ0) is 18.8. The van der Waals surface area contributed by atoms with Gasteiger partial charge in [-0.15, -0.1) is 0 Å². The lowest BCUT2D eigenvalue weighted by Crippen LogP contribution is -2.16. The molecule has 0 aliphatic carbocycles. The van der Waals surface area contributed by atoms with Crippen LogP contribution in [0, 0.1) is 5.82 Å². The van der Waals surface area contributed by atoms with Gasteiger partial charge in [0.1, 0.15) is 5.82 Å². The quantitative estimate of drug-likeness (QED) is 0.565. The predicted octanol–water partition coefficient (Wildman–Crippen LogP) is 4.52. The highest BCUT2D eigenvalue weighted by Crippen LogP contribution is 2.22. The Morgan fingerprint density at radius 1 is 1.07 bits per heavy atom. The summed E-state index contributed by atoms with van der Waals surface area (Å²) in [5.41, 5.74) is 1.75. The Kier molecular flexibility index (Phi) is 4.56. The molecule has 2 heterocycles. The van der Waals surface area contributed by atoms with Gasteiger partial charge in [-0.05, 0) is 35.9 Å². The van der Waals surface area contributed by atoms with E-state index >= 15 is 0 Å². The number of hydrogen-bond acceptors (Lipinski definition) is 4. The summed E-state index contributed by atoms with van der Waals surface area (Å²) in [7, 11) is 0. The maximum absolute atomic E-state index is 13.0. The van der Waals surface area contributed by atoms with Crippen molar-refractivity contribution < 1.29 is 9.18 Å². The molecule has 0 spiro atoms. The number of hydrogen-bond donors (Lipinski definition) is 1. The summed E-state index contributed by atoms with van der Waals surface area (Å²) in [6.07, 6.45) is 4.66. The number of aromatic nitrogens is 3. The van der Waals surface area contributed by atoms with E-state index in [4.69, 9.17) is 11.6 Å². The number of rotatable bonds is 4. The Balaban J connectivity index is 1.64. The van der Waals surface area contributed by atoms with Gasteiger partial charge in [0.25, 0.3) is 5.91 Å². The van der Waals surface area contributed by atoms with Crippen LogP contribution in [0.4, 0.5) is 10.2 Å². The minimum Gasteiger partial charge on any atom is -0.364 e. The highest BCUT2D eigenvalue weighted by molar-refractivity contribution is 6.31. The first-order valence-corrected chi connectivity index (χ1v) is 8.60. The average Bonchev–Trinajstić information content (AvgIpc) is 3.10. The van der Waals surface area contributed by atoms with Gasteiger partial charge in [-0.3, -0.25) is 9.36 Å². The van der Waals surface area contributed by atoms with Gasteiger partial charge >= 0.3 is 0 Å². The maximum atomic E-state index is 13.0. The van der Waals surface area contributed by atoms with Crippen LogP contribution in [0.2, 0.25) is 5.02 Å². The van der Waals surface area contributed by atoms with Crippen molar-refractivity contribution in [3.63, 3.8) is 0 Å². The predicted molar refractivity (Wildman–Crippen MR) is 102 cm³/mol. The molecule has 1 N–H and O–H groups in total. The van der Waals surface area contributed by atoms with Gasteiger partial charge in [0.2, 0.25) is 0 Å². The average molecular weight is 381 g/mol. The summed E-state index contributed by atoms with van der Waals surface area (Å²) in [5, 5.41) is 4.54. The molecule has 0 aliphatic heterocycles. The lowest BCUT2D eigenvalue weighted by molar-refractivity contribution is 0.0960. The zero-order valence-corrected chi connectivity index (χ0v) is 14.8. The van der Waals surface area contributed by atoms with E-state index in [1.54, 1.807) is 30.5 Å². The van der Waals surface area contributed by atoms with Crippen LogP contribution in [0.25, 0.3) is 10.9 Å². The summed E-state index contributed by atoms with van der Waals surface area (Å²) < 4.78 is 14.5. The van der Waals surface area contributed by atoms with Gasteiger partial charge in [0.05, 0.1) is 5.52 Å². The molecule has 0 aliphatic rings. The first-order chi connectivity index (χ1) is 13.1. The molecule has 0 fully saturated rings. The third kappa shape index (κ3) is 3.52. The first-order valence-electron chi connectivity index (χ1n) is 8.22. The van der Waals surface area contributed by atoms with Gasteiger partial charge < -0.3 is 5.32 Å². The summed E-state index contributed by atoms with van der Waals surface area (Å²) >= 11 is 6.07. The van der Waals surface area contributed by atoms with Crippen molar-refractivity contribution in [1.82, 2.24) is 14.5 Å². The highest BCUT2D eigenvalue weighted by Gasteiger charge is 2.18. The van der Waals surface area contributed by atoms with Crippen molar-refractivity contribution >= 4 is 34.2 Å². The largest absolute Gasteiger partial charge is 0.364 e. The van der Waals surface area contributed by atoms with Gasteiger partial charge in [0, 0.05) is 35.5 Å². The fourth-order valence-electron chi connectivity index (χ4n) is 2.80. The molecule has 4 rings (SSSR count). The van der Waals surface area contributed by atoms with E-state index in [0.717, 1.165) is 10.9 Å². The molecule has 0 radical (unpaired) electrons. The fraction of sp³-hybridized carbons (Fsp3) is 0.0500. The number of carbonyl (C=O) groups is 1. The minimum atomic E-state index is -0.318. The topological polar surface area (TPSA) is 59.8 Å². The zero-order valence-electron chi connectivity index (χ0n) is 14.1. The van der Waals surface area contributed by atoms with Crippen molar-refractivity contribution in [3.05, 3.63) is 89.2 Å². The third-order valence-electron chi connectivity index (χ3n) is 4.15. The molecule has 0 amide bonds. The minimum absolute atomic E-state index is 0.192. The molecule has 0 saturated carbocycles. The third-order valence-corrected chi connectivity index (χ3v) is 4.38. The van der Waals surface area contributed by atoms with Crippen LogP contribution in [0.3, 0.4) is 0 Å². The fourth-order valence-corrected chi connectivity index (χ4v) is 2.97. The number of fused-ring (bicyclic) bond motifs is 1. The maximum Gasteiger partial charge on any atom is 0.284 e. The Morgan fingerprint density at radius 2 is 1.85 bits per heavy atom. The van der Waals surface area contributed by atoms with Gasteiger partial charge in [-0.25, -0.2) is 14.4 Å². The van der Waals surface area contributed by atoms with Gasteiger partial charge in [0.15, 0.2) is 11.5 Å². The van der Waals surface area contributed by atoms with Gasteiger partial charge in [-0.2, -0.15) is 0 Å². The Hall–Kier alpha value is -3.25. The number of carbonyl (C=O) groups excluding carboxylic acids is 1. The summed E-state index contributed by atoms with van der Waals surface area (Å²) in [6.45, 7) is 0.386. The monoisotopic (exact) mass is 380 g/mol. The van der Waals surface area contributed by atoms with E-state index < -0.39 is 0 Å².